The van der Waals surface area contributed by atoms with Crippen molar-refractivity contribution in [3.63, 3.8) is 0 Å². The van der Waals surface area contributed by atoms with E-state index in [4.69, 9.17) is 22.1 Å². The molecule has 0 saturated heterocycles. The molecule has 5 aromatic rings. The maximum Gasteiger partial charge on any atom is 0.437 e. The molecule has 0 bridgehead atoms. The summed E-state index contributed by atoms with van der Waals surface area (Å²) in [5.41, 5.74) is 12.2. The third kappa shape index (κ3) is 5.22. The number of hydrogen-bond donors (Lipinski definition) is 1. The van der Waals surface area contributed by atoms with Gasteiger partial charge in [0.05, 0.1) is 17.6 Å². The highest BCUT2D eigenvalue weighted by Gasteiger charge is 2.19. The zero-order valence-electron chi connectivity index (χ0n) is 21.6. The van der Waals surface area contributed by atoms with Crippen LogP contribution in [0.3, 0.4) is 0 Å². The lowest BCUT2D eigenvalue weighted by Crippen LogP contribution is -2.29. The number of fused-ring (bicyclic) bond motifs is 1. The van der Waals surface area contributed by atoms with Crippen molar-refractivity contribution in [1.29, 1.82) is 0 Å². The zero-order valence-corrected chi connectivity index (χ0v) is 22.3. The summed E-state index contributed by atoms with van der Waals surface area (Å²) in [4.78, 5) is 17.5. The Bertz CT molecular complexity index is 1690. The van der Waals surface area contributed by atoms with Gasteiger partial charge in [-0.3, -0.25) is 4.57 Å². The highest BCUT2D eigenvalue weighted by molar-refractivity contribution is 6.31. The van der Waals surface area contributed by atoms with Crippen molar-refractivity contribution in [3.05, 3.63) is 113 Å². The number of nitrogens with two attached hydrogens (primary N) is 1. The highest BCUT2D eigenvalue weighted by atomic mass is 35.5. The maximum atomic E-state index is 13.0. The van der Waals surface area contributed by atoms with E-state index < -0.39 is 11.7 Å². The monoisotopic (exact) mass is 524 g/mol. The highest BCUT2D eigenvalue weighted by Crippen LogP contribution is 2.27. The molecule has 7 heteroatoms. The van der Waals surface area contributed by atoms with E-state index >= 15 is 0 Å². The first-order valence-corrected chi connectivity index (χ1v) is 12.8. The molecule has 0 spiro atoms. The van der Waals surface area contributed by atoms with Crippen LogP contribution in [-0.2, 0) is 11.3 Å². The Hall–Kier alpha value is -4.29. The molecule has 2 N–H and O–H groups in total. The number of imidazole rings is 1. The minimum atomic E-state index is -0.678. The largest absolute Gasteiger partial charge is 0.442 e. The van der Waals surface area contributed by atoms with Crippen molar-refractivity contribution >= 4 is 34.4 Å². The first-order valence-electron chi connectivity index (χ1n) is 12.4. The summed E-state index contributed by atoms with van der Waals surface area (Å²) in [7, 11) is 0. The number of carbonyl (C=O) groups excluding carboxylic acids is 1. The van der Waals surface area contributed by atoms with Gasteiger partial charge in [-0.1, -0.05) is 72.3 Å². The Balaban J connectivity index is 1.73. The molecule has 0 fully saturated rings. The number of para-hydroxylation sites is 3. The number of hydrogen-bond acceptors (Lipinski definition) is 3. The number of rotatable bonds is 4. The number of ether oxygens (including phenoxy) is 1. The van der Waals surface area contributed by atoms with E-state index in [1.54, 1.807) is 0 Å². The SMILES string of the molecule is CC(C)(C)OC(=O)N=c1n(Cc2ccccc2Cl)c2ccccc2n1-c1ccc(-c2ccccc2N)cc1. The first-order chi connectivity index (χ1) is 18.2. The lowest BCUT2D eigenvalue weighted by atomic mass is 10.0. The maximum absolute atomic E-state index is 13.0. The van der Waals surface area contributed by atoms with Gasteiger partial charge in [-0.05, 0) is 68.3 Å². The van der Waals surface area contributed by atoms with Crippen molar-refractivity contribution in [2.45, 2.75) is 32.9 Å². The Morgan fingerprint density at radius 1 is 0.868 bits per heavy atom. The second kappa shape index (κ2) is 10.2. The van der Waals surface area contributed by atoms with Crippen LogP contribution in [0.4, 0.5) is 10.5 Å². The van der Waals surface area contributed by atoms with Crippen LogP contribution < -0.4 is 11.4 Å². The smallest absolute Gasteiger partial charge is 0.437 e. The molecular weight excluding hydrogens is 496 g/mol. The predicted molar refractivity (Wildman–Crippen MR) is 153 cm³/mol. The van der Waals surface area contributed by atoms with Gasteiger partial charge in [-0.2, -0.15) is 0 Å². The summed E-state index contributed by atoms with van der Waals surface area (Å²) in [5, 5.41) is 0.643. The van der Waals surface area contributed by atoms with Crippen molar-refractivity contribution in [3.8, 4) is 16.8 Å². The number of anilines is 1. The van der Waals surface area contributed by atoms with E-state index in [9.17, 15) is 4.79 Å². The molecule has 1 amide bonds. The summed E-state index contributed by atoms with van der Waals surface area (Å²) >= 11 is 6.53. The van der Waals surface area contributed by atoms with Crippen molar-refractivity contribution < 1.29 is 9.53 Å². The first kappa shape index (κ1) is 25.4. The second-order valence-electron chi connectivity index (χ2n) is 10.0. The predicted octanol–water partition coefficient (Wildman–Crippen LogP) is 7.22. The van der Waals surface area contributed by atoms with E-state index in [0.717, 1.165) is 33.4 Å². The van der Waals surface area contributed by atoms with Gasteiger partial charge < -0.3 is 15.0 Å². The normalized spacial score (nSPS) is 12.2. The van der Waals surface area contributed by atoms with Crippen LogP contribution in [0.1, 0.15) is 26.3 Å². The van der Waals surface area contributed by atoms with Gasteiger partial charge in [0, 0.05) is 22.0 Å². The van der Waals surface area contributed by atoms with Crippen LogP contribution in [0.15, 0.2) is 102 Å². The lowest BCUT2D eigenvalue weighted by Gasteiger charge is -2.17. The van der Waals surface area contributed by atoms with Gasteiger partial charge in [0.1, 0.15) is 5.60 Å². The number of benzene rings is 4. The molecule has 0 saturated carbocycles. The molecule has 6 nitrogen and oxygen atoms in total. The summed E-state index contributed by atoms with van der Waals surface area (Å²) in [5.74, 6) is 0. The van der Waals surface area contributed by atoms with E-state index in [0.29, 0.717) is 22.9 Å². The van der Waals surface area contributed by atoms with E-state index in [2.05, 4.69) is 4.99 Å². The lowest BCUT2D eigenvalue weighted by molar-refractivity contribution is 0.0594. The van der Waals surface area contributed by atoms with Gasteiger partial charge >= 0.3 is 6.09 Å². The average molecular weight is 525 g/mol. The Labute approximate surface area is 226 Å². The van der Waals surface area contributed by atoms with E-state index in [1.807, 2.05) is 127 Å². The van der Waals surface area contributed by atoms with Crippen LogP contribution >= 0.6 is 11.6 Å². The number of halogens is 1. The Morgan fingerprint density at radius 2 is 1.50 bits per heavy atom. The number of aromatic nitrogens is 2. The summed E-state index contributed by atoms with van der Waals surface area (Å²) < 4.78 is 9.53. The molecule has 0 atom stereocenters. The van der Waals surface area contributed by atoms with E-state index in [-0.39, 0.29) is 0 Å². The fraction of sp³-hybridized carbons (Fsp3) is 0.161. The molecule has 1 heterocycles. The molecule has 4 aromatic carbocycles. The number of carbonyl (C=O) groups is 1. The van der Waals surface area contributed by atoms with Crippen LogP contribution in [0, 0.1) is 0 Å². The zero-order chi connectivity index (χ0) is 26.9. The van der Waals surface area contributed by atoms with Gasteiger partial charge in [0.15, 0.2) is 0 Å². The van der Waals surface area contributed by atoms with Crippen molar-refractivity contribution in [2.24, 2.45) is 4.99 Å². The Kier molecular flexibility index (Phi) is 6.83. The van der Waals surface area contributed by atoms with Crippen molar-refractivity contribution in [2.75, 3.05) is 5.73 Å². The number of amides is 1. The molecule has 0 aliphatic heterocycles. The van der Waals surface area contributed by atoms with Gasteiger partial charge in [0.25, 0.3) is 0 Å². The third-order valence-corrected chi connectivity index (χ3v) is 6.49. The van der Waals surface area contributed by atoms with Crippen LogP contribution in [-0.4, -0.2) is 20.8 Å². The van der Waals surface area contributed by atoms with Crippen LogP contribution in [0.5, 0.6) is 0 Å². The number of nitrogens with zero attached hydrogens (tertiary/aromatic N) is 3. The molecule has 0 aliphatic carbocycles. The quantitative estimate of drug-likeness (QED) is 0.252. The molecule has 0 aliphatic rings. The number of nitrogen functional groups attached to an aromatic ring is 1. The summed E-state index contributed by atoms with van der Waals surface area (Å²) in [6.45, 7) is 5.89. The molecule has 5 rings (SSSR count). The topological polar surface area (TPSA) is 74.5 Å². The average Bonchev–Trinajstić information content (AvgIpc) is 3.17. The molecule has 38 heavy (non-hydrogen) atoms. The third-order valence-electron chi connectivity index (χ3n) is 6.12. The van der Waals surface area contributed by atoms with Crippen molar-refractivity contribution in [1.82, 2.24) is 9.13 Å². The van der Waals surface area contributed by atoms with Gasteiger partial charge in [-0.15, -0.1) is 4.99 Å². The van der Waals surface area contributed by atoms with E-state index in [1.165, 1.54) is 0 Å². The standard InChI is InChI=1S/C31H29ClN4O2/c1-31(2,3)38-30(37)34-29-35(20-22-10-4-6-12-25(22)32)27-14-8-9-15-28(27)36(29)23-18-16-21(17-19-23)24-11-5-7-13-26(24)33/h4-19H,20,33H2,1-3H3. The van der Waals surface area contributed by atoms with Crippen LogP contribution in [0.25, 0.3) is 27.8 Å². The molecule has 0 unspecified atom stereocenters. The molecule has 0 radical (unpaired) electrons. The molecule has 192 valence electrons. The minimum Gasteiger partial charge on any atom is -0.442 e. The minimum absolute atomic E-state index is 0.424. The van der Waals surface area contributed by atoms with Crippen LogP contribution in [0.2, 0.25) is 5.02 Å². The summed E-state index contributed by atoms with van der Waals surface area (Å²) in [6.07, 6.45) is -0.664. The second-order valence-corrected chi connectivity index (χ2v) is 10.4. The fourth-order valence-electron chi connectivity index (χ4n) is 4.45. The molecule has 1 aromatic heterocycles. The van der Waals surface area contributed by atoms with Gasteiger partial charge in [0.2, 0.25) is 5.62 Å². The summed E-state index contributed by atoms with van der Waals surface area (Å²) in [6, 6.07) is 31.4. The molecular formula is C31H29ClN4O2. The Morgan fingerprint density at radius 3 is 2.18 bits per heavy atom. The fourth-order valence-corrected chi connectivity index (χ4v) is 4.65. The van der Waals surface area contributed by atoms with Gasteiger partial charge in [-0.25, -0.2) is 4.79 Å².